The summed E-state index contributed by atoms with van der Waals surface area (Å²) in [4.78, 5) is 0. The van der Waals surface area contributed by atoms with E-state index in [1.54, 1.807) is 0 Å². The SMILES string of the molecule is CCCCNc1ccccc1OCC. The van der Waals surface area contributed by atoms with Gasteiger partial charge in [0, 0.05) is 6.54 Å². The van der Waals surface area contributed by atoms with Gasteiger partial charge in [-0.1, -0.05) is 25.5 Å². The van der Waals surface area contributed by atoms with Crippen molar-refractivity contribution in [2.45, 2.75) is 26.7 Å². The average Bonchev–Trinajstić information content (AvgIpc) is 2.21. The van der Waals surface area contributed by atoms with Gasteiger partial charge in [-0.15, -0.1) is 0 Å². The Hall–Kier alpha value is -1.18. The Morgan fingerprint density at radius 2 is 2.00 bits per heavy atom. The minimum atomic E-state index is 0.715. The molecule has 2 nitrogen and oxygen atoms in total. The highest BCUT2D eigenvalue weighted by molar-refractivity contribution is 5.56. The first-order valence-electron chi connectivity index (χ1n) is 5.34. The fourth-order valence-corrected chi connectivity index (χ4v) is 1.29. The molecule has 2 heteroatoms. The van der Waals surface area contributed by atoms with Crippen molar-refractivity contribution in [3.63, 3.8) is 0 Å². The monoisotopic (exact) mass is 193 g/mol. The number of hydrogen-bond donors (Lipinski definition) is 1. The largest absolute Gasteiger partial charge is 0.492 e. The van der Waals surface area contributed by atoms with Gasteiger partial charge < -0.3 is 10.1 Å². The fraction of sp³-hybridized carbons (Fsp3) is 0.500. The van der Waals surface area contributed by atoms with E-state index < -0.39 is 0 Å². The zero-order chi connectivity index (χ0) is 10.2. The van der Waals surface area contributed by atoms with Crippen molar-refractivity contribution in [2.75, 3.05) is 18.5 Å². The van der Waals surface area contributed by atoms with E-state index in [2.05, 4.69) is 18.3 Å². The molecule has 0 saturated heterocycles. The number of anilines is 1. The lowest BCUT2D eigenvalue weighted by Crippen LogP contribution is -2.03. The van der Waals surface area contributed by atoms with E-state index in [-0.39, 0.29) is 0 Å². The fourth-order valence-electron chi connectivity index (χ4n) is 1.29. The van der Waals surface area contributed by atoms with Crippen LogP contribution < -0.4 is 10.1 Å². The lowest BCUT2D eigenvalue weighted by atomic mass is 10.2. The second-order valence-electron chi connectivity index (χ2n) is 3.21. The van der Waals surface area contributed by atoms with E-state index in [0.29, 0.717) is 6.61 Å². The molecule has 0 saturated carbocycles. The molecule has 0 unspecified atom stereocenters. The van der Waals surface area contributed by atoms with Crippen molar-refractivity contribution in [3.8, 4) is 5.75 Å². The van der Waals surface area contributed by atoms with Crippen molar-refractivity contribution in [3.05, 3.63) is 24.3 Å². The molecule has 78 valence electrons. The molecule has 0 aromatic heterocycles. The van der Waals surface area contributed by atoms with E-state index in [1.807, 2.05) is 25.1 Å². The van der Waals surface area contributed by atoms with Crippen LogP contribution in [-0.2, 0) is 0 Å². The number of hydrogen-bond acceptors (Lipinski definition) is 2. The van der Waals surface area contributed by atoms with Crippen LogP contribution in [0.15, 0.2) is 24.3 Å². The van der Waals surface area contributed by atoms with Crippen molar-refractivity contribution in [1.29, 1.82) is 0 Å². The highest BCUT2D eigenvalue weighted by Crippen LogP contribution is 2.23. The first kappa shape index (κ1) is 10.9. The van der Waals surface area contributed by atoms with E-state index in [9.17, 15) is 0 Å². The van der Waals surface area contributed by atoms with Gasteiger partial charge in [-0.25, -0.2) is 0 Å². The van der Waals surface area contributed by atoms with Gasteiger partial charge in [0.25, 0.3) is 0 Å². The average molecular weight is 193 g/mol. The molecule has 0 aliphatic heterocycles. The summed E-state index contributed by atoms with van der Waals surface area (Å²) >= 11 is 0. The van der Waals surface area contributed by atoms with Gasteiger partial charge in [-0.3, -0.25) is 0 Å². The Morgan fingerprint density at radius 1 is 1.21 bits per heavy atom. The minimum Gasteiger partial charge on any atom is -0.492 e. The number of unbranched alkanes of at least 4 members (excludes halogenated alkanes) is 1. The topological polar surface area (TPSA) is 21.3 Å². The van der Waals surface area contributed by atoms with Gasteiger partial charge in [0.05, 0.1) is 12.3 Å². The molecule has 1 aromatic carbocycles. The minimum absolute atomic E-state index is 0.715. The lowest BCUT2D eigenvalue weighted by molar-refractivity contribution is 0.341. The predicted octanol–water partition coefficient (Wildman–Crippen LogP) is 3.30. The molecule has 0 fully saturated rings. The molecule has 1 aromatic rings. The smallest absolute Gasteiger partial charge is 0.142 e. The zero-order valence-corrected chi connectivity index (χ0v) is 9.05. The third-order valence-corrected chi connectivity index (χ3v) is 2.03. The third kappa shape index (κ3) is 3.29. The van der Waals surface area contributed by atoms with Gasteiger partial charge in [-0.05, 0) is 25.5 Å². The number of ether oxygens (including phenoxy) is 1. The summed E-state index contributed by atoms with van der Waals surface area (Å²) < 4.78 is 5.51. The van der Waals surface area contributed by atoms with Crippen LogP contribution in [0.1, 0.15) is 26.7 Å². The van der Waals surface area contributed by atoms with Gasteiger partial charge in [0.15, 0.2) is 0 Å². The summed E-state index contributed by atoms with van der Waals surface area (Å²) in [5.74, 6) is 0.950. The predicted molar refractivity (Wildman–Crippen MR) is 61.0 cm³/mol. The standard InChI is InChI=1S/C12H19NO/c1-3-5-10-13-11-8-6-7-9-12(11)14-4-2/h6-9,13H,3-5,10H2,1-2H3. The molecular weight excluding hydrogens is 174 g/mol. The maximum absolute atomic E-state index is 5.51. The Balaban J connectivity index is 2.55. The van der Waals surface area contributed by atoms with E-state index in [1.165, 1.54) is 12.8 Å². The molecule has 1 rings (SSSR count). The van der Waals surface area contributed by atoms with Crippen LogP contribution in [0.4, 0.5) is 5.69 Å². The quantitative estimate of drug-likeness (QED) is 0.700. The first-order chi connectivity index (χ1) is 6.88. The number of benzene rings is 1. The Bertz CT molecular complexity index is 260. The second-order valence-corrected chi connectivity index (χ2v) is 3.21. The molecule has 0 aliphatic carbocycles. The van der Waals surface area contributed by atoms with Crippen molar-refractivity contribution in [2.24, 2.45) is 0 Å². The molecule has 0 spiro atoms. The Morgan fingerprint density at radius 3 is 2.71 bits per heavy atom. The van der Waals surface area contributed by atoms with Gasteiger partial charge in [0.2, 0.25) is 0 Å². The molecule has 14 heavy (non-hydrogen) atoms. The summed E-state index contributed by atoms with van der Waals surface area (Å²) in [6, 6.07) is 8.07. The van der Waals surface area contributed by atoms with Crippen molar-refractivity contribution < 1.29 is 4.74 Å². The molecule has 1 N–H and O–H groups in total. The molecule has 0 amide bonds. The molecule has 0 heterocycles. The summed E-state index contributed by atoms with van der Waals surface area (Å²) in [5.41, 5.74) is 1.10. The van der Waals surface area contributed by atoms with E-state index in [0.717, 1.165) is 18.0 Å². The summed E-state index contributed by atoms with van der Waals surface area (Å²) in [6.45, 7) is 5.92. The molecule has 0 bridgehead atoms. The maximum atomic E-state index is 5.51. The van der Waals surface area contributed by atoms with Gasteiger partial charge >= 0.3 is 0 Å². The summed E-state index contributed by atoms with van der Waals surface area (Å²) in [6.07, 6.45) is 2.41. The first-order valence-corrected chi connectivity index (χ1v) is 5.34. The summed E-state index contributed by atoms with van der Waals surface area (Å²) in [5, 5.41) is 3.37. The Kier molecular flexibility index (Phi) is 4.90. The van der Waals surface area contributed by atoms with E-state index >= 15 is 0 Å². The number of para-hydroxylation sites is 2. The maximum Gasteiger partial charge on any atom is 0.142 e. The van der Waals surface area contributed by atoms with Crippen LogP contribution >= 0.6 is 0 Å². The van der Waals surface area contributed by atoms with Crippen LogP contribution in [0.2, 0.25) is 0 Å². The van der Waals surface area contributed by atoms with Crippen LogP contribution in [-0.4, -0.2) is 13.2 Å². The third-order valence-electron chi connectivity index (χ3n) is 2.03. The van der Waals surface area contributed by atoms with Gasteiger partial charge in [-0.2, -0.15) is 0 Å². The lowest BCUT2D eigenvalue weighted by Gasteiger charge is -2.11. The van der Waals surface area contributed by atoms with Crippen molar-refractivity contribution in [1.82, 2.24) is 0 Å². The molecular formula is C12H19NO. The highest BCUT2D eigenvalue weighted by Gasteiger charge is 1.99. The molecule has 0 atom stereocenters. The van der Waals surface area contributed by atoms with Crippen LogP contribution in [0.25, 0.3) is 0 Å². The normalized spacial score (nSPS) is 9.86. The van der Waals surface area contributed by atoms with Crippen molar-refractivity contribution >= 4 is 5.69 Å². The van der Waals surface area contributed by atoms with Crippen LogP contribution in [0, 0.1) is 0 Å². The highest BCUT2D eigenvalue weighted by atomic mass is 16.5. The molecule has 0 aliphatic rings. The van der Waals surface area contributed by atoms with E-state index in [4.69, 9.17) is 4.74 Å². The van der Waals surface area contributed by atoms with Crippen LogP contribution in [0.5, 0.6) is 5.75 Å². The Labute approximate surface area is 86.3 Å². The summed E-state index contributed by atoms with van der Waals surface area (Å²) in [7, 11) is 0. The number of nitrogens with one attached hydrogen (secondary N) is 1. The second kappa shape index (κ2) is 6.30. The number of rotatable bonds is 6. The molecule has 0 radical (unpaired) electrons. The van der Waals surface area contributed by atoms with Crippen LogP contribution in [0.3, 0.4) is 0 Å². The zero-order valence-electron chi connectivity index (χ0n) is 9.05. The van der Waals surface area contributed by atoms with Gasteiger partial charge in [0.1, 0.15) is 5.75 Å².